The first-order chi connectivity index (χ1) is 6.99. The van der Waals surface area contributed by atoms with E-state index in [0.717, 1.165) is 0 Å². The zero-order chi connectivity index (χ0) is 11.4. The molecule has 1 rings (SSSR count). The van der Waals surface area contributed by atoms with Crippen molar-refractivity contribution in [3.05, 3.63) is 11.8 Å². The highest BCUT2D eigenvalue weighted by Gasteiger charge is 2.13. The number of nitrogens with zero attached hydrogens (tertiary/aromatic N) is 1. The minimum absolute atomic E-state index is 0.0953. The molecule has 5 N–H and O–H groups in total. The van der Waals surface area contributed by atoms with E-state index >= 15 is 0 Å². The zero-order valence-corrected chi connectivity index (χ0v) is 8.82. The Morgan fingerprint density at radius 2 is 2.40 bits per heavy atom. The van der Waals surface area contributed by atoms with E-state index in [1.54, 1.807) is 6.92 Å². The number of hydrogen-bond acceptors (Lipinski definition) is 4. The summed E-state index contributed by atoms with van der Waals surface area (Å²) in [5, 5.41) is 18.0. The van der Waals surface area contributed by atoms with Crippen LogP contribution in [-0.2, 0) is 0 Å². The van der Waals surface area contributed by atoms with Crippen LogP contribution in [0, 0.1) is 0 Å². The Labute approximate surface area is 87.9 Å². The maximum atomic E-state index is 11.5. The van der Waals surface area contributed by atoms with Gasteiger partial charge in [-0.15, -0.1) is 0 Å². The van der Waals surface area contributed by atoms with Crippen LogP contribution < -0.4 is 11.1 Å². The molecule has 1 aromatic heterocycles. The normalized spacial score (nSPS) is 14.6. The molecule has 6 nitrogen and oxygen atoms in total. The van der Waals surface area contributed by atoms with Crippen molar-refractivity contribution in [1.29, 1.82) is 0 Å². The average molecular weight is 212 g/mol. The van der Waals surface area contributed by atoms with Gasteiger partial charge in [0.2, 0.25) is 0 Å². The second kappa shape index (κ2) is 4.79. The molecular weight excluding hydrogens is 196 g/mol. The number of aromatic nitrogens is 2. The van der Waals surface area contributed by atoms with Crippen LogP contribution in [0.2, 0.25) is 0 Å². The molecule has 1 heterocycles. The third-order valence-electron chi connectivity index (χ3n) is 1.91. The summed E-state index contributed by atoms with van der Waals surface area (Å²) >= 11 is 0. The fourth-order valence-electron chi connectivity index (χ4n) is 1.33. The third-order valence-corrected chi connectivity index (χ3v) is 1.91. The lowest BCUT2D eigenvalue weighted by Gasteiger charge is -2.14. The highest BCUT2D eigenvalue weighted by Crippen LogP contribution is 2.02. The van der Waals surface area contributed by atoms with Crippen LogP contribution in [0.3, 0.4) is 0 Å². The van der Waals surface area contributed by atoms with E-state index in [1.807, 2.05) is 6.92 Å². The molecule has 2 atom stereocenters. The number of aliphatic hydroxyl groups is 1. The molecule has 0 fully saturated rings. The van der Waals surface area contributed by atoms with Gasteiger partial charge in [-0.1, -0.05) is 0 Å². The van der Waals surface area contributed by atoms with Crippen LogP contribution >= 0.6 is 0 Å². The number of anilines is 1. The van der Waals surface area contributed by atoms with Gasteiger partial charge in [-0.25, -0.2) is 0 Å². The van der Waals surface area contributed by atoms with Gasteiger partial charge in [0.25, 0.3) is 5.91 Å². The number of carbonyl (C=O) groups is 1. The molecule has 0 aliphatic carbocycles. The molecule has 6 heteroatoms. The van der Waals surface area contributed by atoms with Gasteiger partial charge in [0.15, 0.2) is 0 Å². The molecule has 0 aliphatic rings. The monoisotopic (exact) mass is 212 g/mol. The summed E-state index contributed by atoms with van der Waals surface area (Å²) in [6.45, 7) is 3.50. The second-order valence-electron chi connectivity index (χ2n) is 3.67. The molecule has 84 valence electrons. The van der Waals surface area contributed by atoms with Crippen LogP contribution in [0.5, 0.6) is 0 Å². The summed E-state index contributed by atoms with van der Waals surface area (Å²) < 4.78 is 0. The van der Waals surface area contributed by atoms with Crippen molar-refractivity contribution in [3.8, 4) is 0 Å². The van der Waals surface area contributed by atoms with E-state index in [-0.39, 0.29) is 17.8 Å². The summed E-state index contributed by atoms with van der Waals surface area (Å²) in [7, 11) is 0. The molecule has 0 radical (unpaired) electrons. The third kappa shape index (κ3) is 3.59. The molecule has 0 aromatic carbocycles. The number of H-pyrrole nitrogens is 1. The number of nitrogens with two attached hydrogens (primary N) is 1. The van der Waals surface area contributed by atoms with E-state index in [1.165, 1.54) is 6.07 Å². The van der Waals surface area contributed by atoms with Gasteiger partial charge in [-0.05, 0) is 20.3 Å². The topological polar surface area (TPSA) is 104 Å². The average Bonchev–Trinajstić information content (AvgIpc) is 2.49. The SMILES string of the molecule is CC(O)CC(C)NC(=O)c1cc(N)n[nH]1. The number of aromatic amines is 1. The lowest BCUT2D eigenvalue weighted by atomic mass is 10.1. The van der Waals surface area contributed by atoms with E-state index in [9.17, 15) is 4.79 Å². The van der Waals surface area contributed by atoms with Crippen LogP contribution in [-0.4, -0.2) is 33.4 Å². The molecule has 0 saturated carbocycles. The number of carbonyl (C=O) groups excluding carboxylic acids is 1. The smallest absolute Gasteiger partial charge is 0.269 e. The van der Waals surface area contributed by atoms with E-state index in [0.29, 0.717) is 12.1 Å². The first-order valence-electron chi connectivity index (χ1n) is 4.79. The Balaban J connectivity index is 2.49. The van der Waals surface area contributed by atoms with Crippen molar-refractivity contribution in [3.63, 3.8) is 0 Å². The summed E-state index contributed by atoms with van der Waals surface area (Å²) in [4.78, 5) is 11.5. The van der Waals surface area contributed by atoms with Gasteiger partial charge in [-0.3, -0.25) is 9.89 Å². The van der Waals surface area contributed by atoms with Crippen molar-refractivity contribution in [2.75, 3.05) is 5.73 Å². The fraction of sp³-hybridized carbons (Fsp3) is 0.556. The van der Waals surface area contributed by atoms with Gasteiger partial charge in [0.05, 0.1) is 6.10 Å². The largest absolute Gasteiger partial charge is 0.393 e. The summed E-state index contributed by atoms with van der Waals surface area (Å²) in [5.41, 5.74) is 5.69. The number of amides is 1. The molecule has 0 bridgehead atoms. The molecular formula is C9H16N4O2. The maximum absolute atomic E-state index is 11.5. The molecule has 0 saturated heterocycles. The lowest BCUT2D eigenvalue weighted by molar-refractivity contribution is 0.0918. The van der Waals surface area contributed by atoms with Crippen molar-refractivity contribution in [1.82, 2.24) is 15.5 Å². The first kappa shape index (κ1) is 11.5. The van der Waals surface area contributed by atoms with Crippen LogP contribution in [0.4, 0.5) is 5.82 Å². The van der Waals surface area contributed by atoms with Gasteiger partial charge in [0.1, 0.15) is 11.5 Å². The van der Waals surface area contributed by atoms with E-state index in [4.69, 9.17) is 10.8 Å². The molecule has 1 aromatic rings. The Hall–Kier alpha value is -1.56. The molecule has 0 aliphatic heterocycles. The predicted molar refractivity (Wildman–Crippen MR) is 56.2 cm³/mol. The molecule has 0 spiro atoms. The van der Waals surface area contributed by atoms with Crippen molar-refractivity contribution in [2.45, 2.75) is 32.4 Å². The Morgan fingerprint density at radius 3 is 2.87 bits per heavy atom. The summed E-state index contributed by atoms with van der Waals surface area (Å²) in [5.74, 6) is 0.00989. The predicted octanol–water partition coefficient (Wildman–Crippen LogP) is -0.119. The highest BCUT2D eigenvalue weighted by atomic mass is 16.3. The molecule has 2 unspecified atom stereocenters. The summed E-state index contributed by atoms with van der Waals surface area (Å²) in [6, 6.07) is 1.37. The number of rotatable bonds is 4. The number of nitrogen functional groups attached to an aromatic ring is 1. The van der Waals surface area contributed by atoms with Gasteiger partial charge in [0, 0.05) is 12.1 Å². The van der Waals surface area contributed by atoms with E-state index < -0.39 is 6.10 Å². The Bertz CT molecular complexity index is 335. The molecule has 15 heavy (non-hydrogen) atoms. The van der Waals surface area contributed by atoms with Crippen LogP contribution in [0.1, 0.15) is 30.8 Å². The van der Waals surface area contributed by atoms with Crippen LogP contribution in [0.25, 0.3) is 0 Å². The lowest BCUT2D eigenvalue weighted by Crippen LogP contribution is -2.34. The van der Waals surface area contributed by atoms with Crippen molar-refractivity contribution in [2.24, 2.45) is 0 Å². The Kier molecular flexibility index (Phi) is 3.68. The minimum Gasteiger partial charge on any atom is -0.393 e. The first-order valence-corrected chi connectivity index (χ1v) is 4.79. The van der Waals surface area contributed by atoms with Gasteiger partial charge in [-0.2, -0.15) is 5.10 Å². The number of nitrogens with one attached hydrogen (secondary N) is 2. The minimum atomic E-state index is -0.438. The second-order valence-corrected chi connectivity index (χ2v) is 3.67. The maximum Gasteiger partial charge on any atom is 0.269 e. The Morgan fingerprint density at radius 1 is 1.73 bits per heavy atom. The van der Waals surface area contributed by atoms with Crippen molar-refractivity contribution >= 4 is 11.7 Å². The quantitative estimate of drug-likeness (QED) is 0.558. The van der Waals surface area contributed by atoms with Crippen LogP contribution in [0.15, 0.2) is 6.07 Å². The van der Waals surface area contributed by atoms with Gasteiger partial charge >= 0.3 is 0 Å². The fourth-order valence-corrected chi connectivity index (χ4v) is 1.33. The zero-order valence-electron chi connectivity index (χ0n) is 8.82. The van der Waals surface area contributed by atoms with Crippen molar-refractivity contribution < 1.29 is 9.90 Å². The summed E-state index contributed by atoms with van der Waals surface area (Å²) in [6.07, 6.45) is 0.0714. The number of aliphatic hydroxyl groups excluding tert-OH is 1. The molecule has 1 amide bonds. The van der Waals surface area contributed by atoms with Gasteiger partial charge < -0.3 is 16.2 Å². The van der Waals surface area contributed by atoms with E-state index in [2.05, 4.69) is 15.5 Å². The standard InChI is InChI=1S/C9H16N4O2/c1-5(3-6(2)14)11-9(15)7-4-8(10)13-12-7/h4-6,14H,3H2,1-2H3,(H,11,15)(H3,10,12,13). The number of hydrogen-bond donors (Lipinski definition) is 4. The highest BCUT2D eigenvalue weighted by molar-refractivity contribution is 5.93.